The van der Waals surface area contributed by atoms with E-state index in [4.69, 9.17) is 5.73 Å². The summed E-state index contributed by atoms with van der Waals surface area (Å²) in [6.45, 7) is 5.74. The van der Waals surface area contributed by atoms with Crippen molar-refractivity contribution in [2.45, 2.75) is 39.5 Å². The average molecular weight is 223 g/mol. The first-order chi connectivity index (χ1) is 7.81. The maximum atomic E-state index is 5.42. The fourth-order valence-corrected chi connectivity index (χ4v) is 1.48. The van der Waals surface area contributed by atoms with E-state index in [1.807, 2.05) is 0 Å². The Labute approximate surface area is 96.9 Å². The number of hydrogen-bond donors (Lipinski definition) is 2. The van der Waals surface area contributed by atoms with E-state index in [0.717, 1.165) is 50.2 Å². The molecule has 0 unspecified atom stereocenters. The molecule has 0 aliphatic heterocycles. The molecule has 0 spiro atoms. The molecule has 3 N–H and O–H groups in total. The van der Waals surface area contributed by atoms with Crippen LogP contribution in [0.2, 0.25) is 0 Å². The van der Waals surface area contributed by atoms with Crippen LogP contribution in [0.3, 0.4) is 0 Å². The van der Waals surface area contributed by atoms with E-state index in [-0.39, 0.29) is 0 Å². The van der Waals surface area contributed by atoms with Gasteiger partial charge in [-0.2, -0.15) is 5.10 Å². The SMILES string of the molecule is CCc1nnc(NCCCCN)nc1CC. The summed E-state index contributed by atoms with van der Waals surface area (Å²) in [6.07, 6.45) is 3.84. The van der Waals surface area contributed by atoms with Crippen molar-refractivity contribution in [1.82, 2.24) is 15.2 Å². The molecule has 0 bridgehead atoms. The highest BCUT2D eigenvalue weighted by molar-refractivity contribution is 5.25. The molecular weight excluding hydrogens is 202 g/mol. The van der Waals surface area contributed by atoms with E-state index in [0.29, 0.717) is 5.95 Å². The molecule has 0 radical (unpaired) electrons. The third-order valence-corrected chi connectivity index (χ3v) is 2.42. The molecule has 0 aromatic carbocycles. The molecule has 90 valence electrons. The van der Waals surface area contributed by atoms with Crippen molar-refractivity contribution in [2.24, 2.45) is 5.73 Å². The predicted octanol–water partition coefficient (Wildman–Crippen LogP) is 1.15. The number of rotatable bonds is 7. The van der Waals surface area contributed by atoms with Gasteiger partial charge >= 0.3 is 0 Å². The topological polar surface area (TPSA) is 76.7 Å². The molecular formula is C11H21N5. The fourth-order valence-electron chi connectivity index (χ4n) is 1.48. The van der Waals surface area contributed by atoms with E-state index < -0.39 is 0 Å². The van der Waals surface area contributed by atoms with Gasteiger partial charge in [-0.25, -0.2) is 4.98 Å². The van der Waals surface area contributed by atoms with Crippen LogP contribution in [0, 0.1) is 0 Å². The van der Waals surface area contributed by atoms with Gasteiger partial charge in [-0.15, -0.1) is 5.10 Å². The third-order valence-electron chi connectivity index (χ3n) is 2.42. The zero-order valence-corrected chi connectivity index (χ0v) is 10.2. The molecule has 0 aliphatic carbocycles. The quantitative estimate of drug-likeness (QED) is 0.678. The van der Waals surface area contributed by atoms with Crippen molar-refractivity contribution < 1.29 is 0 Å². The molecule has 1 aromatic heterocycles. The Kier molecular flexibility index (Phi) is 5.71. The van der Waals surface area contributed by atoms with Crippen molar-refractivity contribution >= 4 is 5.95 Å². The van der Waals surface area contributed by atoms with Crippen LogP contribution in [0.5, 0.6) is 0 Å². The molecule has 0 atom stereocenters. The maximum absolute atomic E-state index is 5.42. The van der Waals surface area contributed by atoms with Crippen LogP contribution in [0.15, 0.2) is 0 Å². The lowest BCUT2D eigenvalue weighted by Crippen LogP contribution is -2.11. The van der Waals surface area contributed by atoms with Gasteiger partial charge in [0.25, 0.3) is 0 Å². The summed E-state index contributed by atoms with van der Waals surface area (Å²) in [4.78, 5) is 4.44. The highest BCUT2D eigenvalue weighted by atomic mass is 15.2. The van der Waals surface area contributed by atoms with Crippen molar-refractivity contribution in [1.29, 1.82) is 0 Å². The molecule has 0 aliphatic rings. The zero-order chi connectivity index (χ0) is 11.8. The highest BCUT2D eigenvalue weighted by Gasteiger charge is 2.05. The lowest BCUT2D eigenvalue weighted by atomic mass is 10.2. The summed E-state index contributed by atoms with van der Waals surface area (Å²) in [7, 11) is 0. The van der Waals surface area contributed by atoms with Gasteiger partial charge in [-0.1, -0.05) is 13.8 Å². The van der Waals surface area contributed by atoms with Gasteiger partial charge < -0.3 is 11.1 Å². The summed E-state index contributed by atoms with van der Waals surface area (Å²) in [5, 5.41) is 11.4. The van der Waals surface area contributed by atoms with Gasteiger partial charge in [0, 0.05) is 6.54 Å². The molecule has 0 saturated carbocycles. The number of nitrogens with one attached hydrogen (secondary N) is 1. The van der Waals surface area contributed by atoms with Gasteiger partial charge in [0.15, 0.2) is 0 Å². The minimum absolute atomic E-state index is 0.631. The van der Waals surface area contributed by atoms with Crippen LogP contribution in [0.4, 0.5) is 5.95 Å². The second-order valence-electron chi connectivity index (χ2n) is 3.66. The lowest BCUT2D eigenvalue weighted by molar-refractivity contribution is 0.758. The molecule has 1 aromatic rings. The van der Waals surface area contributed by atoms with Crippen LogP contribution in [-0.2, 0) is 12.8 Å². The first-order valence-corrected chi connectivity index (χ1v) is 5.98. The van der Waals surface area contributed by atoms with Crippen LogP contribution < -0.4 is 11.1 Å². The van der Waals surface area contributed by atoms with E-state index >= 15 is 0 Å². The highest BCUT2D eigenvalue weighted by Crippen LogP contribution is 2.06. The van der Waals surface area contributed by atoms with Gasteiger partial charge in [0.2, 0.25) is 5.95 Å². The summed E-state index contributed by atoms with van der Waals surface area (Å²) < 4.78 is 0. The number of nitrogens with zero attached hydrogens (tertiary/aromatic N) is 3. The molecule has 5 heteroatoms. The zero-order valence-electron chi connectivity index (χ0n) is 10.2. The molecule has 5 nitrogen and oxygen atoms in total. The minimum atomic E-state index is 0.631. The number of aryl methyl sites for hydroxylation is 2. The van der Waals surface area contributed by atoms with Crippen molar-refractivity contribution in [3.05, 3.63) is 11.4 Å². The number of anilines is 1. The molecule has 16 heavy (non-hydrogen) atoms. The molecule has 0 amide bonds. The Balaban J connectivity index is 2.54. The number of aromatic nitrogens is 3. The standard InChI is InChI=1S/C11H21N5/c1-3-9-10(4-2)15-16-11(14-9)13-8-6-5-7-12/h3-8,12H2,1-2H3,(H,13,14,16). The Morgan fingerprint density at radius 1 is 1.06 bits per heavy atom. The first-order valence-electron chi connectivity index (χ1n) is 5.98. The van der Waals surface area contributed by atoms with Crippen LogP contribution >= 0.6 is 0 Å². The van der Waals surface area contributed by atoms with E-state index in [2.05, 4.69) is 34.3 Å². The first kappa shape index (κ1) is 12.8. The summed E-state index contributed by atoms with van der Waals surface area (Å²) in [5.41, 5.74) is 7.46. The summed E-state index contributed by atoms with van der Waals surface area (Å²) >= 11 is 0. The lowest BCUT2D eigenvalue weighted by Gasteiger charge is -2.07. The van der Waals surface area contributed by atoms with E-state index in [1.54, 1.807) is 0 Å². The van der Waals surface area contributed by atoms with Crippen LogP contribution in [0.25, 0.3) is 0 Å². The Hall–Kier alpha value is -1.23. The largest absolute Gasteiger partial charge is 0.353 e. The van der Waals surface area contributed by atoms with Gasteiger partial charge in [-0.3, -0.25) is 0 Å². The Morgan fingerprint density at radius 3 is 2.44 bits per heavy atom. The van der Waals surface area contributed by atoms with Gasteiger partial charge in [0.05, 0.1) is 11.4 Å². The molecule has 1 heterocycles. The van der Waals surface area contributed by atoms with Crippen molar-refractivity contribution in [3.8, 4) is 0 Å². The monoisotopic (exact) mass is 223 g/mol. The summed E-state index contributed by atoms with van der Waals surface area (Å²) in [6, 6.07) is 0. The average Bonchev–Trinajstić information content (AvgIpc) is 2.34. The maximum Gasteiger partial charge on any atom is 0.242 e. The summed E-state index contributed by atoms with van der Waals surface area (Å²) in [5.74, 6) is 0.631. The molecule has 1 rings (SSSR count). The molecule has 0 fully saturated rings. The second kappa shape index (κ2) is 7.11. The third kappa shape index (κ3) is 3.73. The smallest absolute Gasteiger partial charge is 0.242 e. The van der Waals surface area contributed by atoms with E-state index in [9.17, 15) is 0 Å². The normalized spacial score (nSPS) is 10.4. The van der Waals surface area contributed by atoms with E-state index in [1.165, 1.54) is 0 Å². The fraction of sp³-hybridized carbons (Fsp3) is 0.727. The van der Waals surface area contributed by atoms with Crippen LogP contribution in [-0.4, -0.2) is 28.3 Å². The van der Waals surface area contributed by atoms with Gasteiger partial charge in [-0.05, 0) is 32.2 Å². The number of unbranched alkanes of at least 4 members (excludes halogenated alkanes) is 1. The Morgan fingerprint density at radius 2 is 1.81 bits per heavy atom. The Bertz CT molecular complexity index is 313. The predicted molar refractivity (Wildman–Crippen MR) is 65.4 cm³/mol. The van der Waals surface area contributed by atoms with Crippen molar-refractivity contribution in [2.75, 3.05) is 18.4 Å². The number of nitrogens with two attached hydrogens (primary N) is 1. The minimum Gasteiger partial charge on any atom is -0.353 e. The van der Waals surface area contributed by atoms with Gasteiger partial charge in [0.1, 0.15) is 0 Å². The van der Waals surface area contributed by atoms with Crippen LogP contribution in [0.1, 0.15) is 38.1 Å². The van der Waals surface area contributed by atoms with Crippen molar-refractivity contribution in [3.63, 3.8) is 0 Å². The second-order valence-corrected chi connectivity index (χ2v) is 3.66. The number of hydrogen-bond acceptors (Lipinski definition) is 5. The molecule has 0 saturated heterocycles.